The van der Waals surface area contributed by atoms with Crippen LogP contribution in [0.2, 0.25) is 0 Å². The summed E-state index contributed by atoms with van der Waals surface area (Å²) >= 11 is 0. The lowest BCUT2D eigenvalue weighted by Gasteiger charge is -2.13. The van der Waals surface area contributed by atoms with Gasteiger partial charge in [0.2, 0.25) is 0 Å². The minimum absolute atomic E-state index is 0.255. The summed E-state index contributed by atoms with van der Waals surface area (Å²) in [5.74, 6) is 0.675. The molecule has 0 spiro atoms. The highest BCUT2D eigenvalue weighted by molar-refractivity contribution is 4.94. The molecular weight excluding hydrogens is 148 g/mol. The van der Waals surface area contributed by atoms with Crippen LogP contribution in [0.3, 0.4) is 0 Å². The third-order valence-electron chi connectivity index (χ3n) is 2.62. The van der Waals surface area contributed by atoms with Crippen LogP contribution >= 0.6 is 0 Å². The fourth-order valence-corrected chi connectivity index (χ4v) is 1.65. The molecule has 0 heterocycles. The highest BCUT2D eigenvalue weighted by Gasteiger charge is 2.40. The van der Waals surface area contributed by atoms with Crippen molar-refractivity contribution in [3.8, 4) is 0 Å². The molecule has 1 atom stereocenters. The van der Waals surface area contributed by atoms with Gasteiger partial charge >= 0.3 is 0 Å². The second kappa shape index (κ2) is 4.08. The molecule has 0 radical (unpaired) electrons. The Hall–Kier alpha value is -0.300. The summed E-state index contributed by atoms with van der Waals surface area (Å²) in [7, 11) is 0. The lowest BCUT2D eigenvalue weighted by atomic mass is 9.97. The highest BCUT2D eigenvalue weighted by Crippen LogP contribution is 2.41. The minimum atomic E-state index is -0.255. The van der Waals surface area contributed by atoms with Crippen molar-refractivity contribution in [3.63, 3.8) is 0 Å². The molecule has 1 nitrogen and oxygen atoms in total. The van der Waals surface area contributed by atoms with Crippen LogP contribution in [0.25, 0.3) is 0 Å². The van der Waals surface area contributed by atoms with Crippen molar-refractivity contribution in [1.29, 1.82) is 0 Å². The van der Waals surface area contributed by atoms with E-state index < -0.39 is 0 Å². The molecule has 1 fully saturated rings. The fraction of sp³-hybridized carbons (Fsp3) is 0.818. The maximum atomic E-state index is 9.64. The van der Waals surface area contributed by atoms with Crippen LogP contribution in [-0.4, -0.2) is 10.7 Å². The Balaban J connectivity index is 2.07. The molecule has 1 N–H and O–H groups in total. The molecule has 1 saturated carbocycles. The van der Waals surface area contributed by atoms with E-state index in [1.165, 1.54) is 6.42 Å². The quantitative estimate of drug-likeness (QED) is 0.626. The molecule has 0 bridgehead atoms. The molecule has 0 aliphatic heterocycles. The van der Waals surface area contributed by atoms with Gasteiger partial charge in [0.1, 0.15) is 0 Å². The lowest BCUT2D eigenvalue weighted by molar-refractivity contribution is 0.119. The first kappa shape index (κ1) is 9.79. The van der Waals surface area contributed by atoms with E-state index in [1.807, 2.05) is 0 Å². The van der Waals surface area contributed by atoms with E-state index in [2.05, 4.69) is 26.0 Å². The Morgan fingerprint density at radius 3 is 2.67 bits per heavy atom. The average molecular weight is 168 g/mol. The molecule has 0 aromatic rings. The third kappa shape index (κ3) is 3.40. The van der Waals surface area contributed by atoms with Crippen LogP contribution in [0.1, 0.15) is 46.0 Å². The molecule has 1 rings (SSSR count). The third-order valence-corrected chi connectivity index (χ3v) is 2.62. The predicted molar refractivity (Wildman–Crippen MR) is 52.0 cm³/mol. The zero-order valence-electron chi connectivity index (χ0n) is 8.21. The van der Waals surface area contributed by atoms with E-state index in [0.717, 1.165) is 25.7 Å². The first-order valence-corrected chi connectivity index (χ1v) is 5.00. The minimum Gasteiger partial charge on any atom is -0.390 e. The maximum absolute atomic E-state index is 9.64. The summed E-state index contributed by atoms with van der Waals surface area (Å²) in [6, 6.07) is 0. The molecule has 1 aliphatic rings. The Kier molecular flexibility index (Phi) is 3.33. The largest absolute Gasteiger partial charge is 0.390 e. The highest BCUT2D eigenvalue weighted by atomic mass is 16.3. The Labute approximate surface area is 75.5 Å². The molecule has 0 amide bonds. The monoisotopic (exact) mass is 168 g/mol. The van der Waals surface area contributed by atoms with Crippen molar-refractivity contribution >= 4 is 0 Å². The smallest absolute Gasteiger partial charge is 0.0652 e. The van der Waals surface area contributed by atoms with Crippen molar-refractivity contribution < 1.29 is 5.11 Å². The molecule has 0 aromatic carbocycles. The molecule has 12 heavy (non-hydrogen) atoms. The van der Waals surface area contributed by atoms with E-state index >= 15 is 0 Å². The normalized spacial score (nSPS) is 22.9. The van der Waals surface area contributed by atoms with Gasteiger partial charge in [0.25, 0.3) is 0 Å². The summed E-state index contributed by atoms with van der Waals surface area (Å²) in [5, 5.41) is 9.64. The topological polar surface area (TPSA) is 20.2 Å². The van der Waals surface area contributed by atoms with Gasteiger partial charge in [0.15, 0.2) is 0 Å². The van der Waals surface area contributed by atoms with Gasteiger partial charge in [-0.25, -0.2) is 0 Å². The lowest BCUT2D eigenvalue weighted by Crippen LogP contribution is -2.11. The van der Waals surface area contributed by atoms with E-state index in [1.54, 1.807) is 0 Å². The second-order valence-corrected chi connectivity index (χ2v) is 4.18. The van der Waals surface area contributed by atoms with Crippen LogP contribution in [0.15, 0.2) is 12.2 Å². The van der Waals surface area contributed by atoms with Crippen molar-refractivity contribution in [1.82, 2.24) is 0 Å². The zero-order chi connectivity index (χ0) is 9.03. The van der Waals surface area contributed by atoms with E-state index in [0.29, 0.717) is 5.92 Å². The van der Waals surface area contributed by atoms with E-state index in [4.69, 9.17) is 0 Å². The number of hydrogen-bond donors (Lipinski definition) is 1. The van der Waals surface area contributed by atoms with Gasteiger partial charge in [-0.05, 0) is 44.9 Å². The first-order valence-electron chi connectivity index (χ1n) is 5.00. The fourth-order valence-electron chi connectivity index (χ4n) is 1.65. The SMILES string of the molecule is C/C=C/CCC(C)CC1(O)CC1. The summed E-state index contributed by atoms with van der Waals surface area (Å²) in [6.07, 6.45) is 9.73. The van der Waals surface area contributed by atoms with Crippen LogP contribution in [0.5, 0.6) is 0 Å². The average Bonchev–Trinajstić information content (AvgIpc) is 2.68. The van der Waals surface area contributed by atoms with E-state index in [9.17, 15) is 5.11 Å². The van der Waals surface area contributed by atoms with Gasteiger partial charge in [-0.3, -0.25) is 0 Å². The number of allylic oxidation sites excluding steroid dienone is 2. The van der Waals surface area contributed by atoms with Crippen molar-refractivity contribution in [2.24, 2.45) is 5.92 Å². The van der Waals surface area contributed by atoms with Crippen LogP contribution < -0.4 is 0 Å². The Morgan fingerprint density at radius 1 is 1.50 bits per heavy atom. The predicted octanol–water partition coefficient (Wildman–Crippen LogP) is 2.89. The Morgan fingerprint density at radius 2 is 2.17 bits per heavy atom. The molecule has 70 valence electrons. The number of hydrogen-bond acceptors (Lipinski definition) is 1. The second-order valence-electron chi connectivity index (χ2n) is 4.18. The van der Waals surface area contributed by atoms with Crippen molar-refractivity contribution in [3.05, 3.63) is 12.2 Å². The molecule has 0 aromatic heterocycles. The molecule has 1 heteroatoms. The summed E-state index contributed by atoms with van der Waals surface area (Å²) < 4.78 is 0. The zero-order valence-corrected chi connectivity index (χ0v) is 8.21. The van der Waals surface area contributed by atoms with Crippen molar-refractivity contribution in [2.75, 3.05) is 0 Å². The van der Waals surface area contributed by atoms with Gasteiger partial charge in [-0.1, -0.05) is 19.1 Å². The standard InChI is InChI=1S/C11H20O/c1-3-4-5-6-10(2)9-11(12)7-8-11/h3-4,10,12H,5-9H2,1-2H3/b4-3+. The maximum Gasteiger partial charge on any atom is 0.0652 e. The van der Waals surface area contributed by atoms with Gasteiger partial charge in [-0.2, -0.15) is 0 Å². The molecule has 0 saturated heterocycles. The van der Waals surface area contributed by atoms with Crippen molar-refractivity contribution in [2.45, 2.75) is 51.6 Å². The first-order chi connectivity index (χ1) is 5.66. The van der Waals surface area contributed by atoms with Crippen LogP contribution in [0.4, 0.5) is 0 Å². The summed E-state index contributed by atoms with van der Waals surface area (Å²) in [6.45, 7) is 4.29. The van der Waals surface area contributed by atoms with E-state index in [-0.39, 0.29) is 5.60 Å². The number of rotatable bonds is 5. The number of aliphatic hydroxyl groups is 1. The van der Waals surface area contributed by atoms with Gasteiger partial charge in [-0.15, -0.1) is 0 Å². The molecular formula is C11H20O. The Bertz CT molecular complexity index is 156. The van der Waals surface area contributed by atoms with Gasteiger partial charge in [0.05, 0.1) is 5.60 Å². The summed E-state index contributed by atoms with van der Waals surface area (Å²) in [5.41, 5.74) is -0.255. The molecule has 1 unspecified atom stereocenters. The summed E-state index contributed by atoms with van der Waals surface area (Å²) in [4.78, 5) is 0. The van der Waals surface area contributed by atoms with Crippen LogP contribution in [-0.2, 0) is 0 Å². The molecule has 1 aliphatic carbocycles. The van der Waals surface area contributed by atoms with Gasteiger partial charge < -0.3 is 5.11 Å². The van der Waals surface area contributed by atoms with Crippen LogP contribution in [0, 0.1) is 5.92 Å². The van der Waals surface area contributed by atoms with Gasteiger partial charge in [0, 0.05) is 0 Å².